The van der Waals surface area contributed by atoms with Crippen molar-refractivity contribution in [2.24, 2.45) is 0 Å². The van der Waals surface area contributed by atoms with Gasteiger partial charge in [-0.1, -0.05) is 13.0 Å². The van der Waals surface area contributed by atoms with Gasteiger partial charge in [-0.2, -0.15) is 5.10 Å². The zero-order valence-corrected chi connectivity index (χ0v) is 21.1. The van der Waals surface area contributed by atoms with Crippen LogP contribution in [0.3, 0.4) is 0 Å². The molecule has 0 aliphatic rings. The second-order valence-corrected chi connectivity index (χ2v) is 9.91. The number of rotatable bonds is 9. The Bertz CT molecular complexity index is 1330. The molecule has 1 aromatic carbocycles. The molecule has 4 rings (SSSR count). The molecule has 10 heteroatoms. The highest BCUT2D eigenvalue weighted by atomic mass is 32.2. The summed E-state index contributed by atoms with van der Waals surface area (Å²) in [5.41, 5.74) is 3.68. The Hall–Kier alpha value is -3.50. The van der Waals surface area contributed by atoms with Crippen molar-refractivity contribution in [1.29, 1.82) is 0 Å². The van der Waals surface area contributed by atoms with E-state index in [1.165, 1.54) is 11.8 Å². The first-order chi connectivity index (χ1) is 16.7. The normalized spacial score (nSPS) is 11.6. The van der Waals surface area contributed by atoms with Crippen molar-refractivity contribution in [3.8, 4) is 11.3 Å². The number of aliphatic hydroxyl groups is 1. The Labute approximate surface area is 208 Å². The number of amides is 1. The molecule has 0 fully saturated rings. The van der Waals surface area contributed by atoms with E-state index in [-0.39, 0.29) is 5.91 Å². The van der Waals surface area contributed by atoms with E-state index in [1.807, 2.05) is 38.1 Å². The molecule has 0 unspecified atom stereocenters. The largest absolute Gasteiger partial charge is 0.389 e. The molecule has 0 aliphatic heterocycles. The van der Waals surface area contributed by atoms with E-state index in [0.717, 1.165) is 28.9 Å². The molecule has 1 amide bonds. The SMILES string of the molecule is CCCNC(=O)c1ccc(-c2cnc3c(NCC(C)(C)O)cc(Sc4cnccn4)nn23)cc1C. The summed E-state index contributed by atoms with van der Waals surface area (Å²) >= 11 is 1.39. The lowest BCUT2D eigenvalue weighted by atomic mass is 10.0. The molecule has 0 radical (unpaired) electrons. The summed E-state index contributed by atoms with van der Waals surface area (Å²) in [6.07, 6.45) is 7.59. The summed E-state index contributed by atoms with van der Waals surface area (Å²) < 4.78 is 1.77. The second-order valence-electron chi connectivity index (χ2n) is 8.87. The lowest BCUT2D eigenvalue weighted by Gasteiger charge is -2.19. The monoisotopic (exact) mass is 491 g/mol. The maximum Gasteiger partial charge on any atom is 0.251 e. The van der Waals surface area contributed by atoms with E-state index < -0.39 is 5.60 Å². The predicted octanol–water partition coefficient (Wildman–Crippen LogP) is 3.97. The van der Waals surface area contributed by atoms with Crippen LogP contribution in [0.4, 0.5) is 5.69 Å². The van der Waals surface area contributed by atoms with Crippen molar-refractivity contribution in [2.75, 3.05) is 18.4 Å². The van der Waals surface area contributed by atoms with Crippen LogP contribution in [0.5, 0.6) is 0 Å². The number of carbonyl (C=O) groups excluding carboxylic acids is 1. The number of aryl methyl sites for hydroxylation is 1. The van der Waals surface area contributed by atoms with Crippen molar-refractivity contribution >= 4 is 29.0 Å². The molecule has 3 aromatic heterocycles. The number of carbonyl (C=O) groups is 1. The number of anilines is 1. The first kappa shape index (κ1) is 24.6. The van der Waals surface area contributed by atoms with Crippen molar-refractivity contribution < 1.29 is 9.90 Å². The van der Waals surface area contributed by atoms with Gasteiger partial charge in [0, 0.05) is 36.6 Å². The molecule has 0 aliphatic carbocycles. The molecule has 4 aromatic rings. The molecule has 3 heterocycles. The Kier molecular flexibility index (Phi) is 7.32. The zero-order chi connectivity index (χ0) is 25.0. The van der Waals surface area contributed by atoms with E-state index in [0.29, 0.717) is 34.4 Å². The highest BCUT2D eigenvalue weighted by Gasteiger charge is 2.18. The molecule has 0 saturated carbocycles. The third kappa shape index (κ3) is 5.95. The molecule has 0 spiro atoms. The minimum atomic E-state index is -0.904. The molecule has 0 saturated heterocycles. The van der Waals surface area contributed by atoms with Gasteiger partial charge in [0.05, 0.1) is 29.4 Å². The highest BCUT2D eigenvalue weighted by molar-refractivity contribution is 7.99. The van der Waals surface area contributed by atoms with Crippen LogP contribution < -0.4 is 10.6 Å². The molecule has 0 bridgehead atoms. The molecule has 35 heavy (non-hydrogen) atoms. The van der Waals surface area contributed by atoms with Crippen LogP contribution in [0.1, 0.15) is 43.1 Å². The minimum absolute atomic E-state index is 0.0760. The number of nitrogens with one attached hydrogen (secondary N) is 2. The fourth-order valence-electron chi connectivity index (χ4n) is 3.49. The van der Waals surface area contributed by atoms with Crippen molar-refractivity contribution in [2.45, 2.75) is 49.8 Å². The molecule has 9 nitrogen and oxygen atoms in total. The van der Waals surface area contributed by atoms with Gasteiger partial charge in [0.25, 0.3) is 5.91 Å². The van der Waals surface area contributed by atoms with Crippen LogP contribution in [0.15, 0.2) is 59.1 Å². The van der Waals surface area contributed by atoms with Gasteiger partial charge in [-0.3, -0.25) is 9.78 Å². The van der Waals surface area contributed by atoms with Crippen LogP contribution in [0, 0.1) is 6.92 Å². The number of fused-ring (bicyclic) bond motifs is 1. The first-order valence-corrected chi connectivity index (χ1v) is 12.2. The molecule has 0 atom stereocenters. The molecule has 3 N–H and O–H groups in total. The van der Waals surface area contributed by atoms with Gasteiger partial charge in [-0.05, 0) is 62.7 Å². The van der Waals surface area contributed by atoms with E-state index in [9.17, 15) is 9.90 Å². The number of benzene rings is 1. The van der Waals surface area contributed by atoms with Crippen LogP contribution >= 0.6 is 11.8 Å². The number of hydrogen-bond donors (Lipinski definition) is 3. The van der Waals surface area contributed by atoms with Crippen molar-refractivity contribution in [1.82, 2.24) is 29.9 Å². The van der Waals surface area contributed by atoms with Crippen LogP contribution in [0.25, 0.3) is 16.9 Å². The van der Waals surface area contributed by atoms with E-state index in [1.54, 1.807) is 43.2 Å². The number of imidazole rings is 1. The lowest BCUT2D eigenvalue weighted by Crippen LogP contribution is -2.29. The quantitative estimate of drug-likeness (QED) is 0.322. The summed E-state index contributed by atoms with van der Waals surface area (Å²) in [5, 5.41) is 22.7. The van der Waals surface area contributed by atoms with E-state index in [2.05, 4.69) is 25.6 Å². The Morgan fingerprint density at radius 3 is 2.66 bits per heavy atom. The molecule has 182 valence electrons. The van der Waals surface area contributed by atoms with Crippen molar-refractivity contribution in [3.63, 3.8) is 0 Å². The Balaban J connectivity index is 1.75. The maximum atomic E-state index is 12.5. The van der Waals surface area contributed by atoms with Crippen LogP contribution in [-0.4, -0.2) is 54.3 Å². The zero-order valence-electron chi connectivity index (χ0n) is 20.2. The smallest absolute Gasteiger partial charge is 0.251 e. The number of hydrogen-bond acceptors (Lipinski definition) is 8. The third-order valence-electron chi connectivity index (χ3n) is 5.21. The first-order valence-electron chi connectivity index (χ1n) is 11.4. The fraction of sp³-hybridized carbons (Fsp3) is 0.320. The van der Waals surface area contributed by atoms with Gasteiger partial charge in [0.15, 0.2) is 5.65 Å². The summed E-state index contributed by atoms with van der Waals surface area (Å²) in [6.45, 7) is 8.41. The van der Waals surface area contributed by atoms with Gasteiger partial charge in [0.2, 0.25) is 0 Å². The topological polar surface area (TPSA) is 117 Å². The number of aromatic nitrogens is 5. The van der Waals surface area contributed by atoms with Crippen molar-refractivity contribution in [3.05, 3.63) is 60.2 Å². The summed E-state index contributed by atoms with van der Waals surface area (Å²) in [4.78, 5) is 25.5. The Morgan fingerprint density at radius 1 is 1.14 bits per heavy atom. The summed E-state index contributed by atoms with van der Waals surface area (Å²) in [7, 11) is 0. The van der Waals surface area contributed by atoms with Gasteiger partial charge in [-0.15, -0.1) is 0 Å². The van der Waals surface area contributed by atoms with Gasteiger partial charge in [0.1, 0.15) is 10.1 Å². The van der Waals surface area contributed by atoms with Gasteiger partial charge in [-0.25, -0.2) is 14.5 Å². The Morgan fingerprint density at radius 2 is 1.97 bits per heavy atom. The standard InChI is InChI=1S/C25H29N7O2S/c1-5-8-28-24(33)18-7-6-17(11-16(18)2)20-13-29-23-19(30-15-25(3,4)34)12-21(31-32(20)23)35-22-14-26-9-10-27-22/h6-7,9-14,30,34H,5,8,15H2,1-4H3,(H,28,33). The third-order valence-corrected chi connectivity index (χ3v) is 6.04. The van der Waals surface area contributed by atoms with Gasteiger partial charge >= 0.3 is 0 Å². The van der Waals surface area contributed by atoms with E-state index >= 15 is 0 Å². The highest BCUT2D eigenvalue weighted by Crippen LogP contribution is 2.31. The molecular formula is C25H29N7O2S. The van der Waals surface area contributed by atoms with Gasteiger partial charge < -0.3 is 15.7 Å². The summed E-state index contributed by atoms with van der Waals surface area (Å²) in [5.74, 6) is -0.0760. The van der Waals surface area contributed by atoms with Crippen LogP contribution in [-0.2, 0) is 0 Å². The average molecular weight is 492 g/mol. The fourth-order valence-corrected chi connectivity index (χ4v) is 4.23. The molecular weight excluding hydrogens is 462 g/mol. The number of nitrogens with zero attached hydrogens (tertiary/aromatic N) is 5. The average Bonchev–Trinajstić information content (AvgIpc) is 3.25. The van der Waals surface area contributed by atoms with Crippen LogP contribution in [0.2, 0.25) is 0 Å². The predicted molar refractivity (Wildman–Crippen MR) is 137 cm³/mol. The maximum absolute atomic E-state index is 12.5. The summed E-state index contributed by atoms with van der Waals surface area (Å²) in [6, 6.07) is 7.61. The lowest BCUT2D eigenvalue weighted by molar-refractivity contribution is 0.0941. The second kappa shape index (κ2) is 10.4. The van der Waals surface area contributed by atoms with E-state index in [4.69, 9.17) is 5.10 Å². The minimum Gasteiger partial charge on any atom is -0.389 e.